The van der Waals surface area contributed by atoms with Gasteiger partial charge < -0.3 is 20.1 Å². The van der Waals surface area contributed by atoms with E-state index in [1.54, 1.807) is 0 Å². The Balaban J connectivity index is 4.66. The molecule has 0 saturated carbocycles. The summed E-state index contributed by atoms with van der Waals surface area (Å²) in [6.45, 7) is 18.0. The van der Waals surface area contributed by atoms with Gasteiger partial charge in [-0.2, -0.15) is 0 Å². The average Bonchev–Trinajstić information content (AvgIpc) is 2.75. The molecule has 2 N–H and O–H groups in total. The van der Waals surface area contributed by atoms with Crippen LogP contribution in [0.15, 0.2) is 10.2 Å². The van der Waals surface area contributed by atoms with E-state index in [0.717, 1.165) is 0 Å². The molecule has 30 heavy (non-hydrogen) atoms. The topological polar surface area (TPSA) is 144 Å². The SMILES string of the molecule is [C-]#[N+]C(C)(CCC(=O)OCCNC=O)N=NC(C)(CCC(=O)OCCNC=O)[N+]#[C-]. The molecule has 0 bridgehead atoms. The summed E-state index contributed by atoms with van der Waals surface area (Å²) in [5.74, 6) is -1.10. The van der Waals surface area contributed by atoms with Gasteiger partial charge in [0.2, 0.25) is 12.8 Å². The molecule has 164 valence electrons. The van der Waals surface area contributed by atoms with Crippen LogP contribution in [0, 0.1) is 13.1 Å². The van der Waals surface area contributed by atoms with Crippen molar-refractivity contribution in [2.24, 2.45) is 10.2 Å². The largest absolute Gasteiger partial charge is 0.464 e. The second-order valence-corrected chi connectivity index (χ2v) is 6.44. The Morgan fingerprint density at radius 3 is 1.53 bits per heavy atom. The molecule has 0 aliphatic rings. The lowest BCUT2D eigenvalue weighted by Crippen LogP contribution is -2.24. The van der Waals surface area contributed by atoms with Gasteiger partial charge in [-0.05, 0) is 0 Å². The highest BCUT2D eigenvalue weighted by atomic mass is 16.5. The van der Waals surface area contributed by atoms with Crippen LogP contribution in [-0.4, -0.2) is 62.4 Å². The fraction of sp³-hybridized carbons (Fsp3) is 0.667. The number of ether oxygens (including phenoxy) is 2. The predicted octanol–water partition coefficient (Wildman–Crippen LogP) is 0.848. The highest BCUT2D eigenvalue weighted by molar-refractivity contribution is 5.69. The predicted molar refractivity (Wildman–Crippen MR) is 103 cm³/mol. The Kier molecular flexibility index (Phi) is 12.8. The number of nitrogens with zero attached hydrogens (tertiary/aromatic N) is 4. The Hall–Kier alpha value is -3.54. The van der Waals surface area contributed by atoms with Gasteiger partial charge in [0.1, 0.15) is 13.2 Å². The van der Waals surface area contributed by atoms with Crippen LogP contribution in [0.5, 0.6) is 0 Å². The molecule has 12 heteroatoms. The standard InChI is InChI=1S/C18H26N6O6/c1-17(19-3,7-5-15(27)29-11-9-21-13-25)23-24-18(2,20-4)8-6-16(28)30-12-10-22-14-26/h13-14H,5-12H2,1-2H3,(H,21,25)(H,22,26). The lowest BCUT2D eigenvalue weighted by atomic mass is 10.1. The first-order valence-corrected chi connectivity index (χ1v) is 9.11. The van der Waals surface area contributed by atoms with Crippen LogP contribution < -0.4 is 10.6 Å². The first kappa shape index (κ1) is 26.5. The molecule has 0 aliphatic heterocycles. The first-order valence-electron chi connectivity index (χ1n) is 9.11. The lowest BCUT2D eigenvalue weighted by Gasteiger charge is -2.14. The number of azo groups is 1. The number of carbonyl (C=O) groups excluding carboxylic acids is 4. The molecular weight excluding hydrogens is 396 g/mol. The average molecular weight is 422 g/mol. The molecule has 0 radical (unpaired) electrons. The number of carbonyl (C=O) groups is 4. The van der Waals surface area contributed by atoms with Crippen LogP contribution in [0.1, 0.15) is 39.5 Å². The lowest BCUT2D eigenvalue weighted by molar-refractivity contribution is -0.144. The molecule has 0 rings (SSSR count). The summed E-state index contributed by atoms with van der Waals surface area (Å²) in [5.41, 5.74) is -2.74. The van der Waals surface area contributed by atoms with Crippen LogP contribution >= 0.6 is 0 Å². The summed E-state index contributed by atoms with van der Waals surface area (Å²) in [6.07, 6.45) is 0.857. The van der Waals surface area contributed by atoms with Gasteiger partial charge in [0.05, 0.1) is 38.8 Å². The minimum atomic E-state index is -1.37. The molecule has 12 nitrogen and oxygen atoms in total. The van der Waals surface area contributed by atoms with Crippen molar-refractivity contribution in [2.45, 2.75) is 50.9 Å². The Morgan fingerprint density at radius 2 is 1.23 bits per heavy atom. The van der Waals surface area contributed by atoms with Crippen molar-refractivity contribution in [3.63, 3.8) is 0 Å². The third-order valence-electron chi connectivity index (χ3n) is 3.75. The fourth-order valence-electron chi connectivity index (χ4n) is 1.86. The van der Waals surface area contributed by atoms with Crippen LogP contribution in [0.3, 0.4) is 0 Å². The number of esters is 2. The molecule has 0 spiro atoms. The van der Waals surface area contributed by atoms with Crippen molar-refractivity contribution in [2.75, 3.05) is 26.3 Å². The van der Waals surface area contributed by atoms with Crippen LogP contribution in [0.2, 0.25) is 0 Å². The summed E-state index contributed by atoms with van der Waals surface area (Å²) in [6, 6.07) is 0. The van der Waals surface area contributed by atoms with Gasteiger partial charge in [-0.25, -0.2) is 13.1 Å². The van der Waals surface area contributed by atoms with Gasteiger partial charge in [0.25, 0.3) is 0 Å². The minimum absolute atomic E-state index is 0.0188. The second kappa shape index (κ2) is 14.5. The van der Waals surface area contributed by atoms with Gasteiger partial charge in [-0.3, -0.25) is 28.9 Å². The Labute approximate surface area is 175 Å². The summed E-state index contributed by atoms with van der Waals surface area (Å²) >= 11 is 0. The maximum absolute atomic E-state index is 11.7. The first-order chi connectivity index (χ1) is 14.2. The summed E-state index contributed by atoms with van der Waals surface area (Å²) in [5, 5.41) is 12.6. The number of hydrogen-bond donors (Lipinski definition) is 2. The second-order valence-electron chi connectivity index (χ2n) is 6.44. The van der Waals surface area contributed by atoms with Gasteiger partial charge >= 0.3 is 23.3 Å². The summed E-state index contributed by atoms with van der Waals surface area (Å²) < 4.78 is 9.81. The molecule has 2 atom stereocenters. The molecule has 0 aromatic rings. The van der Waals surface area contributed by atoms with E-state index in [-0.39, 0.29) is 52.0 Å². The molecular formula is C18H26N6O6. The number of amides is 2. The van der Waals surface area contributed by atoms with Crippen LogP contribution in [0.25, 0.3) is 9.69 Å². The number of rotatable bonds is 16. The Bertz CT molecular complexity index is 642. The molecule has 0 aliphatic carbocycles. The number of hydrogen-bond acceptors (Lipinski definition) is 8. The van der Waals surface area contributed by atoms with Crippen molar-refractivity contribution in [1.82, 2.24) is 10.6 Å². The summed E-state index contributed by atoms with van der Waals surface area (Å²) in [7, 11) is 0. The molecule has 2 unspecified atom stereocenters. The smallest absolute Gasteiger partial charge is 0.338 e. The molecule has 2 amide bonds. The zero-order valence-corrected chi connectivity index (χ0v) is 17.0. The van der Waals surface area contributed by atoms with Crippen molar-refractivity contribution < 1.29 is 28.7 Å². The zero-order chi connectivity index (χ0) is 22.9. The van der Waals surface area contributed by atoms with Crippen molar-refractivity contribution in [3.05, 3.63) is 22.8 Å². The maximum Gasteiger partial charge on any atom is 0.338 e. The molecule has 0 aromatic carbocycles. The third kappa shape index (κ3) is 12.0. The Morgan fingerprint density at radius 1 is 0.867 bits per heavy atom. The molecule has 0 aromatic heterocycles. The van der Waals surface area contributed by atoms with E-state index < -0.39 is 23.3 Å². The van der Waals surface area contributed by atoms with Gasteiger partial charge in [-0.15, -0.1) is 0 Å². The van der Waals surface area contributed by atoms with Crippen molar-refractivity contribution in [1.29, 1.82) is 0 Å². The quantitative estimate of drug-likeness (QED) is 0.124. The fourth-order valence-corrected chi connectivity index (χ4v) is 1.86. The van der Waals surface area contributed by atoms with Gasteiger partial charge in [-0.1, -0.05) is 10.2 Å². The third-order valence-corrected chi connectivity index (χ3v) is 3.75. The minimum Gasteiger partial charge on any atom is -0.464 e. The van der Waals surface area contributed by atoms with E-state index in [1.165, 1.54) is 13.8 Å². The van der Waals surface area contributed by atoms with Gasteiger partial charge in [0, 0.05) is 13.8 Å². The van der Waals surface area contributed by atoms with Crippen LogP contribution in [0.4, 0.5) is 0 Å². The normalized spacial score (nSPS) is 14.3. The van der Waals surface area contributed by atoms with Crippen LogP contribution in [-0.2, 0) is 28.7 Å². The van der Waals surface area contributed by atoms with E-state index in [2.05, 4.69) is 30.6 Å². The molecule has 0 fully saturated rings. The highest BCUT2D eigenvalue weighted by Gasteiger charge is 2.36. The van der Waals surface area contributed by atoms with E-state index in [9.17, 15) is 19.2 Å². The number of nitrogens with one attached hydrogen (secondary N) is 2. The van der Waals surface area contributed by atoms with Crippen molar-refractivity contribution in [3.8, 4) is 0 Å². The van der Waals surface area contributed by atoms with E-state index in [1.807, 2.05) is 0 Å². The monoisotopic (exact) mass is 422 g/mol. The molecule has 0 heterocycles. The van der Waals surface area contributed by atoms with E-state index in [4.69, 9.17) is 22.6 Å². The maximum atomic E-state index is 11.7. The van der Waals surface area contributed by atoms with E-state index in [0.29, 0.717) is 12.8 Å². The van der Waals surface area contributed by atoms with E-state index >= 15 is 0 Å². The zero-order valence-electron chi connectivity index (χ0n) is 17.0. The molecule has 0 saturated heterocycles. The summed E-state index contributed by atoms with van der Waals surface area (Å²) in [4.78, 5) is 50.4. The highest BCUT2D eigenvalue weighted by Crippen LogP contribution is 2.26. The van der Waals surface area contributed by atoms with Gasteiger partial charge in [0.15, 0.2) is 0 Å². The van der Waals surface area contributed by atoms with Crippen molar-refractivity contribution >= 4 is 24.8 Å².